The van der Waals surface area contributed by atoms with Gasteiger partial charge >= 0.3 is 0 Å². The van der Waals surface area contributed by atoms with Crippen molar-refractivity contribution in [2.45, 2.75) is 12.5 Å². The van der Waals surface area contributed by atoms with Crippen LogP contribution in [-0.2, 0) is 0 Å². The number of nitrogens with one attached hydrogen (secondary N) is 1. The van der Waals surface area contributed by atoms with Gasteiger partial charge in [-0.1, -0.05) is 0 Å². The summed E-state index contributed by atoms with van der Waals surface area (Å²) in [7, 11) is 0. The summed E-state index contributed by atoms with van der Waals surface area (Å²) in [4.78, 5) is 0. The molecule has 0 radical (unpaired) electrons. The first-order chi connectivity index (χ1) is 3.92. The Labute approximate surface area is 48.5 Å². The smallest absolute Gasteiger partial charge is 0.0984 e. The molecule has 2 nitrogen and oxygen atoms in total. The summed E-state index contributed by atoms with van der Waals surface area (Å²) < 4.78 is 0. The van der Waals surface area contributed by atoms with Gasteiger partial charge in [-0.3, -0.25) is 0 Å². The zero-order valence-electron chi connectivity index (χ0n) is 4.59. The molecule has 0 aromatic heterocycles. The van der Waals surface area contributed by atoms with E-state index in [-0.39, 0.29) is 6.04 Å². The minimum absolute atomic E-state index is 0.194. The fourth-order valence-electron chi connectivity index (χ4n) is 1.49. The second-order valence-corrected chi connectivity index (χ2v) is 2.67. The van der Waals surface area contributed by atoms with Gasteiger partial charge in [0.2, 0.25) is 0 Å². The van der Waals surface area contributed by atoms with Gasteiger partial charge in [0.25, 0.3) is 0 Å². The molecule has 42 valence electrons. The maximum atomic E-state index is 8.45. The van der Waals surface area contributed by atoms with Gasteiger partial charge in [-0.05, 0) is 24.8 Å². The molecule has 3 atom stereocenters. The van der Waals surface area contributed by atoms with E-state index in [1.807, 2.05) is 0 Å². The summed E-state index contributed by atoms with van der Waals surface area (Å²) in [6.07, 6.45) is 1.30. The van der Waals surface area contributed by atoms with Crippen LogP contribution in [0.3, 0.4) is 0 Å². The largest absolute Gasteiger partial charge is 0.301 e. The first-order valence-electron chi connectivity index (χ1n) is 3.05. The Morgan fingerprint density at radius 2 is 2.50 bits per heavy atom. The molecular weight excluding hydrogens is 100 g/mol. The average Bonchev–Trinajstić information content (AvgIpc) is 2.46. The Morgan fingerprint density at radius 3 is 2.75 bits per heavy atom. The molecule has 0 unspecified atom stereocenters. The number of hydrogen-bond acceptors (Lipinski definition) is 2. The lowest BCUT2D eigenvalue weighted by Crippen LogP contribution is -2.23. The third-order valence-corrected chi connectivity index (χ3v) is 2.14. The van der Waals surface area contributed by atoms with E-state index in [0.29, 0.717) is 0 Å². The van der Waals surface area contributed by atoms with Crippen LogP contribution in [-0.4, -0.2) is 12.6 Å². The molecule has 1 aliphatic heterocycles. The Kier molecular flexibility index (Phi) is 0.671. The normalized spacial score (nSPS) is 50.1. The maximum absolute atomic E-state index is 8.45. The van der Waals surface area contributed by atoms with Crippen molar-refractivity contribution in [2.75, 3.05) is 6.54 Å². The van der Waals surface area contributed by atoms with Crippen LogP contribution in [0.4, 0.5) is 0 Å². The zero-order chi connectivity index (χ0) is 5.56. The van der Waals surface area contributed by atoms with Crippen LogP contribution in [0.15, 0.2) is 0 Å². The Balaban J connectivity index is 2.09. The molecule has 2 fully saturated rings. The minimum Gasteiger partial charge on any atom is -0.301 e. The van der Waals surface area contributed by atoms with E-state index in [1.54, 1.807) is 0 Å². The molecule has 0 spiro atoms. The zero-order valence-corrected chi connectivity index (χ0v) is 4.59. The Morgan fingerprint density at radius 1 is 1.62 bits per heavy atom. The van der Waals surface area contributed by atoms with Gasteiger partial charge in [0, 0.05) is 0 Å². The summed E-state index contributed by atoms with van der Waals surface area (Å²) in [6, 6.07) is 2.44. The summed E-state index contributed by atoms with van der Waals surface area (Å²) in [5.41, 5.74) is 0. The summed E-state index contributed by atoms with van der Waals surface area (Å²) in [5.74, 6) is 1.58. The van der Waals surface area contributed by atoms with Crippen LogP contribution in [0.1, 0.15) is 6.42 Å². The molecule has 2 heteroatoms. The lowest BCUT2D eigenvalue weighted by molar-refractivity contribution is 0.640. The monoisotopic (exact) mass is 108 g/mol. The van der Waals surface area contributed by atoms with Crippen LogP contribution in [0.5, 0.6) is 0 Å². The van der Waals surface area contributed by atoms with Gasteiger partial charge in [0.05, 0.1) is 12.1 Å². The molecule has 1 saturated carbocycles. The number of fused-ring (bicyclic) bond motifs is 1. The van der Waals surface area contributed by atoms with Gasteiger partial charge in [0.15, 0.2) is 0 Å². The topological polar surface area (TPSA) is 35.8 Å². The van der Waals surface area contributed by atoms with E-state index in [1.165, 1.54) is 6.42 Å². The van der Waals surface area contributed by atoms with Gasteiger partial charge in [-0.25, -0.2) is 0 Å². The SMILES string of the molecule is N#C[C@H]1NC[C@@H]2C[C@H]21. The quantitative estimate of drug-likeness (QED) is 0.478. The van der Waals surface area contributed by atoms with E-state index in [0.717, 1.165) is 18.4 Å². The molecule has 1 heterocycles. The molecule has 1 aliphatic carbocycles. The van der Waals surface area contributed by atoms with Crippen molar-refractivity contribution in [2.24, 2.45) is 11.8 Å². The summed E-state index contributed by atoms with van der Waals surface area (Å²) >= 11 is 0. The van der Waals surface area contributed by atoms with Crippen LogP contribution in [0, 0.1) is 23.2 Å². The molecule has 0 bridgehead atoms. The van der Waals surface area contributed by atoms with E-state index < -0.39 is 0 Å². The van der Waals surface area contributed by atoms with Crippen LogP contribution < -0.4 is 5.32 Å². The fraction of sp³-hybridized carbons (Fsp3) is 0.833. The average molecular weight is 108 g/mol. The van der Waals surface area contributed by atoms with E-state index in [2.05, 4.69) is 11.4 Å². The highest BCUT2D eigenvalue weighted by atomic mass is 15.0. The van der Waals surface area contributed by atoms with Gasteiger partial charge in [-0.15, -0.1) is 0 Å². The van der Waals surface area contributed by atoms with Crippen molar-refractivity contribution < 1.29 is 0 Å². The third kappa shape index (κ3) is 0.399. The highest BCUT2D eigenvalue weighted by molar-refractivity contribution is 5.11. The molecule has 1 saturated heterocycles. The Hall–Kier alpha value is -0.550. The molecule has 0 aromatic carbocycles. The number of nitriles is 1. The van der Waals surface area contributed by atoms with E-state index >= 15 is 0 Å². The molecular formula is C6H8N2. The number of piperidine rings is 1. The van der Waals surface area contributed by atoms with E-state index in [9.17, 15) is 0 Å². The molecule has 8 heavy (non-hydrogen) atoms. The van der Waals surface area contributed by atoms with E-state index in [4.69, 9.17) is 5.26 Å². The molecule has 1 N–H and O–H groups in total. The first kappa shape index (κ1) is 4.34. The number of rotatable bonds is 0. The highest BCUT2D eigenvalue weighted by Crippen LogP contribution is 2.44. The van der Waals surface area contributed by atoms with Crippen LogP contribution in [0.25, 0.3) is 0 Å². The summed E-state index contributed by atoms with van der Waals surface area (Å²) in [5, 5.41) is 11.6. The third-order valence-electron chi connectivity index (χ3n) is 2.14. The molecule has 0 aromatic rings. The van der Waals surface area contributed by atoms with Crippen molar-refractivity contribution in [3.8, 4) is 6.07 Å². The molecule has 2 aliphatic rings. The minimum atomic E-state index is 0.194. The van der Waals surface area contributed by atoms with Crippen molar-refractivity contribution >= 4 is 0 Å². The maximum Gasteiger partial charge on any atom is 0.0984 e. The van der Waals surface area contributed by atoms with Crippen molar-refractivity contribution in [3.63, 3.8) is 0 Å². The molecule has 2 rings (SSSR count). The fourth-order valence-corrected chi connectivity index (χ4v) is 1.49. The van der Waals surface area contributed by atoms with Gasteiger partial charge < -0.3 is 5.32 Å². The van der Waals surface area contributed by atoms with Gasteiger partial charge in [-0.2, -0.15) is 5.26 Å². The van der Waals surface area contributed by atoms with Crippen molar-refractivity contribution in [1.29, 1.82) is 5.26 Å². The van der Waals surface area contributed by atoms with Crippen molar-refractivity contribution in [3.05, 3.63) is 0 Å². The second kappa shape index (κ2) is 1.24. The first-order valence-corrected chi connectivity index (χ1v) is 3.05. The number of hydrogen-bond donors (Lipinski definition) is 1. The standard InChI is InChI=1S/C6H8N2/c7-2-6-5-1-4(5)3-8-6/h4-6,8H,1,3H2/t4-,5+,6+/m0/s1. The highest BCUT2D eigenvalue weighted by Gasteiger charge is 2.48. The Bertz CT molecular complexity index is 147. The van der Waals surface area contributed by atoms with Crippen LogP contribution in [0.2, 0.25) is 0 Å². The van der Waals surface area contributed by atoms with Gasteiger partial charge in [0.1, 0.15) is 0 Å². The molecule has 0 amide bonds. The predicted octanol–water partition coefficient (Wildman–Crippen LogP) is 0.118. The second-order valence-electron chi connectivity index (χ2n) is 2.67. The summed E-state index contributed by atoms with van der Waals surface area (Å²) in [6.45, 7) is 1.09. The lowest BCUT2D eigenvalue weighted by Gasteiger charge is -1.98. The predicted molar refractivity (Wildman–Crippen MR) is 29.0 cm³/mol. The van der Waals surface area contributed by atoms with Crippen LogP contribution >= 0.6 is 0 Å². The lowest BCUT2D eigenvalue weighted by atomic mass is 10.2. The van der Waals surface area contributed by atoms with Crippen molar-refractivity contribution in [1.82, 2.24) is 5.32 Å². The number of nitrogens with zero attached hydrogens (tertiary/aromatic N) is 1.